The molecular formula is C25H22N2O3. The van der Waals surface area contributed by atoms with Crippen molar-refractivity contribution in [3.05, 3.63) is 93.8 Å². The second-order valence-electron chi connectivity index (χ2n) is 6.99. The summed E-state index contributed by atoms with van der Waals surface area (Å²) >= 11 is 0. The van der Waals surface area contributed by atoms with Crippen molar-refractivity contribution in [3.63, 3.8) is 0 Å². The molecule has 0 aliphatic carbocycles. The first-order valence-electron chi connectivity index (χ1n) is 9.54. The van der Waals surface area contributed by atoms with Crippen LogP contribution in [0.2, 0.25) is 0 Å². The highest BCUT2D eigenvalue weighted by Gasteiger charge is 2.22. The zero-order chi connectivity index (χ0) is 21.7. The fourth-order valence-corrected chi connectivity index (χ4v) is 3.41. The van der Waals surface area contributed by atoms with Gasteiger partial charge in [-0.2, -0.15) is 5.26 Å². The van der Waals surface area contributed by atoms with Crippen LogP contribution in [0.3, 0.4) is 0 Å². The van der Waals surface area contributed by atoms with E-state index in [1.165, 1.54) is 13.0 Å². The van der Waals surface area contributed by atoms with Gasteiger partial charge in [-0.3, -0.25) is 9.59 Å². The largest absolute Gasteiger partial charge is 0.488 e. The van der Waals surface area contributed by atoms with E-state index in [4.69, 9.17) is 4.74 Å². The minimum absolute atomic E-state index is 0.0368. The minimum Gasteiger partial charge on any atom is -0.488 e. The maximum absolute atomic E-state index is 13.0. The number of carbonyl (C=O) groups is 2. The van der Waals surface area contributed by atoms with E-state index in [2.05, 4.69) is 4.98 Å². The Morgan fingerprint density at radius 3 is 2.37 bits per heavy atom. The van der Waals surface area contributed by atoms with E-state index in [9.17, 15) is 14.9 Å². The van der Waals surface area contributed by atoms with Crippen molar-refractivity contribution in [1.29, 1.82) is 5.26 Å². The number of aromatic amines is 1. The minimum atomic E-state index is -0.455. The van der Waals surface area contributed by atoms with Crippen molar-refractivity contribution in [2.24, 2.45) is 0 Å². The molecule has 0 aliphatic heterocycles. The number of nitrogens with zero attached hydrogens (tertiary/aromatic N) is 1. The van der Waals surface area contributed by atoms with Crippen LogP contribution in [0.25, 0.3) is 6.08 Å². The summed E-state index contributed by atoms with van der Waals surface area (Å²) in [5.74, 6) is -0.00313. The van der Waals surface area contributed by atoms with Crippen LogP contribution in [0, 0.1) is 25.2 Å². The van der Waals surface area contributed by atoms with E-state index in [0.717, 1.165) is 5.56 Å². The number of Topliss-reactive ketones (excluding diaryl/α,β-unsaturated/α-hetero) is 2. The second-order valence-corrected chi connectivity index (χ2v) is 6.99. The highest BCUT2D eigenvalue weighted by molar-refractivity contribution is 6.15. The van der Waals surface area contributed by atoms with Crippen LogP contribution in [-0.2, 0) is 6.61 Å². The Morgan fingerprint density at radius 1 is 1.07 bits per heavy atom. The molecule has 1 heterocycles. The van der Waals surface area contributed by atoms with Gasteiger partial charge >= 0.3 is 0 Å². The fourth-order valence-electron chi connectivity index (χ4n) is 3.41. The monoisotopic (exact) mass is 398 g/mol. The maximum atomic E-state index is 13.0. The number of allylic oxidation sites excluding steroid dienone is 1. The van der Waals surface area contributed by atoms with Gasteiger partial charge in [0.15, 0.2) is 5.78 Å². The van der Waals surface area contributed by atoms with Crippen LogP contribution in [-0.4, -0.2) is 16.6 Å². The normalized spacial score (nSPS) is 11.1. The number of ketones is 2. The lowest BCUT2D eigenvalue weighted by atomic mass is 10.0. The lowest BCUT2D eigenvalue weighted by Crippen LogP contribution is -2.05. The molecule has 1 N–H and O–H groups in total. The van der Waals surface area contributed by atoms with E-state index >= 15 is 0 Å². The van der Waals surface area contributed by atoms with Crippen LogP contribution in [0.15, 0.2) is 60.2 Å². The molecule has 0 saturated heterocycles. The van der Waals surface area contributed by atoms with E-state index in [0.29, 0.717) is 34.7 Å². The number of benzene rings is 2. The van der Waals surface area contributed by atoms with Crippen LogP contribution in [0.1, 0.15) is 50.2 Å². The number of H-pyrrole nitrogens is 1. The third kappa shape index (κ3) is 4.39. The van der Waals surface area contributed by atoms with Crippen molar-refractivity contribution in [1.82, 2.24) is 4.98 Å². The number of carbonyl (C=O) groups excluding carboxylic acids is 2. The van der Waals surface area contributed by atoms with Crippen molar-refractivity contribution in [2.75, 3.05) is 0 Å². The Balaban J connectivity index is 1.92. The first kappa shape index (κ1) is 20.8. The third-order valence-corrected chi connectivity index (χ3v) is 4.84. The van der Waals surface area contributed by atoms with Gasteiger partial charge < -0.3 is 9.72 Å². The molecule has 0 fully saturated rings. The molecule has 0 radical (unpaired) electrons. The molecule has 2 aromatic carbocycles. The molecule has 3 rings (SSSR count). The number of aryl methyl sites for hydroxylation is 1. The van der Waals surface area contributed by atoms with Gasteiger partial charge in [-0.1, -0.05) is 48.5 Å². The topological polar surface area (TPSA) is 83.0 Å². The molecule has 0 unspecified atom stereocenters. The number of nitrogens with one attached hydrogen (secondary N) is 1. The number of hydrogen-bond acceptors (Lipinski definition) is 4. The number of ether oxygens (including phenoxy) is 1. The van der Waals surface area contributed by atoms with E-state index in [1.807, 2.05) is 48.5 Å². The van der Waals surface area contributed by atoms with Gasteiger partial charge in [0.05, 0.1) is 5.69 Å². The van der Waals surface area contributed by atoms with Crippen molar-refractivity contribution in [3.8, 4) is 11.8 Å². The van der Waals surface area contributed by atoms with Crippen molar-refractivity contribution < 1.29 is 14.3 Å². The third-order valence-electron chi connectivity index (χ3n) is 4.84. The molecular weight excluding hydrogens is 376 g/mol. The van der Waals surface area contributed by atoms with Gasteiger partial charge in [0.2, 0.25) is 5.78 Å². The molecule has 5 heteroatoms. The highest BCUT2D eigenvalue weighted by atomic mass is 16.5. The molecule has 0 bridgehead atoms. The number of aromatic nitrogens is 1. The summed E-state index contributed by atoms with van der Waals surface area (Å²) in [6.07, 6.45) is 1.52. The van der Waals surface area contributed by atoms with Gasteiger partial charge in [0, 0.05) is 16.8 Å². The molecule has 30 heavy (non-hydrogen) atoms. The average molecular weight is 398 g/mol. The molecule has 0 aliphatic rings. The molecule has 0 atom stereocenters. The van der Waals surface area contributed by atoms with E-state index < -0.39 is 5.78 Å². The van der Waals surface area contributed by atoms with Crippen LogP contribution in [0.4, 0.5) is 0 Å². The standard InChI is InChI=1S/C25H22N2O3/c1-16-23(18(3)28)17(2)27-24(16)25(29)21(14-26)13-20-11-7-8-12-22(20)30-15-19-9-5-4-6-10-19/h4-13,27H,15H2,1-3H3/b21-13+. The summed E-state index contributed by atoms with van der Waals surface area (Å²) < 4.78 is 5.91. The Hall–Kier alpha value is -3.91. The SMILES string of the molecule is CC(=O)c1c(C)[nH]c(C(=O)/C(C#N)=C/c2ccccc2OCc2ccccc2)c1C. The first-order valence-corrected chi connectivity index (χ1v) is 9.54. The van der Waals surface area contributed by atoms with Crippen LogP contribution >= 0.6 is 0 Å². The molecule has 5 nitrogen and oxygen atoms in total. The molecule has 0 amide bonds. The zero-order valence-electron chi connectivity index (χ0n) is 17.2. The Kier molecular flexibility index (Phi) is 6.29. The second kappa shape index (κ2) is 9.06. The average Bonchev–Trinajstić information content (AvgIpc) is 3.05. The van der Waals surface area contributed by atoms with Gasteiger partial charge in [-0.05, 0) is 44.0 Å². The number of para-hydroxylation sites is 1. The molecule has 0 spiro atoms. The zero-order valence-corrected chi connectivity index (χ0v) is 17.2. The van der Waals surface area contributed by atoms with E-state index in [1.54, 1.807) is 26.0 Å². The van der Waals surface area contributed by atoms with E-state index in [-0.39, 0.29) is 17.1 Å². The molecule has 1 aromatic heterocycles. The fraction of sp³-hybridized carbons (Fsp3) is 0.160. The number of nitriles is 1. The van der Waals surface area contributed by atoms with Crippen molar-refractivity contribution >= 4 is 17.6 Å². The quantitative estimate of drug-likeness (QED) is 0.337. The molecule has 0 saturated carbocycles. The Morgan fingerprint density at radius 2 is 1.73 bits per heavy atom. The van der Waals surface area contributed by atoms with Gasteiger partial charge in [0.25, 0.3) is 0 Å². The molecule has 3 aromatic rings. The lowest BCUT2D eigenvalue weighted by molar-refractivity contribution is 0.101. The summed E-state index contributed by atoms with van der Waals surface area (Å²) in [6, 6.07) is 19.0. The number of rotatable bonds is 7. The van der Waals surface area contributed by atoms with Crippen LogP contribution in [0.5, 0.6) is 5.75 Å². The smallest absolute Gasteiger partial charge is 0.219 e. The van der Waals surface area contributed by atoms with Crippen LogP contribution < -0.4 is 4.74 Å². The summed E-state index contributed by atoms with van der Waals surface area (Å²) in [5, 5.41) is 9.63. The van der Waals surface area contributed by atoms with Gasteiger partial charge in [-0.15, -0.1) is 0 Å². The summed E-state index contributed by atoms with van der Waals surface area (Å²) in [4.78, 5) is 27.8. The first-order chi connectivity index (χ1) is 14.4. The summed E-state index contributed by atoms with van der Waals surface area (Å²) in [5.41, 5.74) is 3.53. The number of hydrogen-bond donors (Lipinski definition) is 1. The maximum Gasteiger partial charge on any atom is 0.219 e. The Labute approximate surface area is 175 Å². The Bertz CT molecular complexity index is 1160. The predicted octanol–water partition coefficient (Wildman–Crippen LogP) is 5.20. The van der Waals surface area contributed by atoms with Crippen molar-refractivity contribution in [2.45, 2.75) is 27.4 Å². The van der Waals surface area contributed by atoms with Gasteiger partial charge in [-0.25, -0.2) is 0 Å². The molecule has 150 valence electrons. The lowest BCUT2D eigenvalue weighted by Gasteiger charge is -2.09. The summed E-state index contributed by atoms with van der Waals surface area (Å²) in [7, 11) is 0. The van der Waals surface area contributed by atoms with Gasteiger partial charge in [0.1, 0.15) is 24.0 Å². The predicted molar refractivity (Wildman–Crippen MR) is 115 cm³/mol. The summed E-state index contributed by atoms with van der Waals surface area (Å²) in [6.45, 7) is 5.28. The highest BCUT2D eigenvalue weighted by Crippen LogP contribution is 2.25.